The molecule has 0 spiro atoms. The van der Waals surface area contributed by atoms with Gasteiger partial charge in [-0.1, -0.05) is 27.7 Å². The van der Waals surface area contributed by atoms with Gasteiger partial charge in [0, 0.05) is 13.1 Å². The summed E-state index contributed by atoms with van der Waals surface area (Å²) in [4.78, 5) is 2.61. The summed E-state index contributed by atoms with van der Waals surface area (Å²) in [6.45, 7) is 13.9. The molecule has 0 radical (unpaired) electrons. The molecule has 1 fully saturated rings. The summed E-state index contributed by atoms with van der Waals surface area (Å²) in [5.41, 5.74) is 5.83. The number of hydrogen-bond acceptors (Lipinski definition) is 2. The lowest BCUT2D eigenvalue weighted by atomic mass is 9.87. The number of nitrogens with two attached hydrogens (primary N) is 1. The van der Waals surface area contributed by atoms with Crippen LogP contribution in [-0.4, -0.2) is 31.1 Å². The van der Waals surface area contributed by atoms with E-state index in [1.165, 1.54) is 26.1 Å². The van der Waals surface area contributed by atoms with E-state index < -0.39 is 0 Å². The van der Waals surface area contributed by atoms with Gasteiger partial charge in [-0.25, -0.2) is 0 Å². The van der Waals surface area contributed by atoms with Crippen LogP contribution in [0.5, 0.6) is 0 Å². The van der Waals surface area contributed by atoms with Crippen molar-refractivity contribution < 1.29 is 0 Å². The van der Waals surface area contributed by atoms with Crippen LogP contribution in [0.3, 0.4) is 0 Å². The van der Waals surface area contributed by atoms with Gasteiger partial charge in [0.25, 0.3) is 0 Å². The molecule has 0 aromatic carbocycles. The van der Waals surface area contributed by atoms with E-state index >= 15 is 0 Å². The summed E-state index contributed by atoms with van der Waals surface area (Å²) in [5, 5.41) is 0. The van der Waals surface area contributed by atoms with Gasteiger partial charge in [0.2, 0.25) is 0 Å². The largest absolute Gasteiger partial charge is 0.330 e. The molecule has 0 aromatic rings. The number of hydrogen-bond donors (Lipinski definition) is 1. The molecule has 1 aliphatic heterocycles. The van der Waals surface area contributed by atoms with E-state index in [9.17, 15) is 0 Å². The average Bonchev–Trinajstić information content (AvgIpc) is 2.19. The number of piperidine rings is 1. The van der Waals surface area contributed by atoms with Crippen LogP contribution < -0.4 is 5.73 Å². The van der Waals surface area contributed by atoms with E-state index in [-0.39, 0.29) is 0 Å². The fraction of sp³-hybridized carbons (Fsp3) is 1.00. The third kappa shape index (κ3) is 3.76. The standard InChI is InChI=1S/C13H28N2/c1-10(2)13(7-14)9-15-6-5-11(3)12(4)8-15/h10-13H,5-9,14H2,1-4H3. The smallest absolute Gasteiger partial charge is 0.00243 e. The first kappa shape index (κ1) is 13.0. The predicted octanol–water partition coefficient (Wildman–Crippen LogP) is 2.20. The molecule has 1 rings (SSSR count). The summed E-state index contributed by atoms with van der Waals surface area (Å²) >= 11 is 0. The minimum absolute atomic E-state index is 0.672. The van der Waals surface area contributed by atoms with Crippen molar-refractivity contribution in [1.29, 1.82) is 0 Å². The molecule has 2 heteroatoms. The zero-order valence-corrected chi connectivity index (χ0v) is 10.9. The van der Waals surface area contributed by atoms with E-state index in [0.29, 0.717) is 11.8 Å². The Bertz CT molecular complexity index is 179. The summed E-state index contributed by atoms with van der Waals surface area (Å²) in [6, 6.07) is 0. The highest BCUT2D eigenvalue weighted by atomic mass is 15.1. The molecule has 0 bridgehead atoms. The molecule has 1 aliphatic rings. The molecule has 0 saturated carbocycles. The van der Waals surface area contributed by atoms with E-state index in [1.807, 2.05) is 0 Å². The van der Waals surface area contributed by atoms with Crippen molar-refractivity contribution in [2.45, 2.75) is 34.1 Å². The molecular formula is C13H28N2. The Kier molecular flexibility index (Phi) is 5.07. The second kappa shape index (κ2) is 5.86. The first-order valence-electron chi connectivity index (χ1n) is 6.47. The fourth-order valence-electron chi connectivity index (χ4n) is 2.40. The number of likely N-dealkylation sites (tertiary alicyclic amines) is 1. The van der Waals surface area contributed by atoms with E-state index in [1.54, 1.807) is 0 Å². The summed E-state index contributed by atoms with van der Waals surface area (Å²) in [5.74, 6) is 3.14. The maximum Gasteiger partial charge on any atom is 0.00243 e. The molecule has 90 valence electrons. The Morgan fingerprint density at radius 3 is 2.40 bits per heavy atom. The lowest BCUT2D eigenvalue weighted by Crippen LogP contribution is -2.43. The van der Waals surface area contributed by atoms with Crippen LogP contribution in [-0.2, 0) is 0 Å². The van der Waals surface area contributed by atoms with Crippen molar-refractivity contribution in [2.75, 3.05) is 26.2 Å². The molecule has 0 amide bonds. The first-order chi connectivity index (χ1) is 7.04. The van der Waals surface area contributed by atoms with Crippen LogP contribution in [0.4, 0.5) is 0 Å². The Morgan fingerprint density at radius 1 is 1.27 bits per heavy atom. The monoisotopic (exact) mass is 212 g/mol. The Balaban J connectivity index is 2.38. The Labute approximate surface area is 95.2 Å². The van der Waals surface area contributed by atoms with Crippen LogP contribution in [0, 0.1) is 23.7 Å². The maximum atomic E-state index is 5.83. The number of nitrogens with zero attached hydrogens (tertiary/aromatic N) is 1. The Hall–Kier alpha value is -0.0800. The van der Waals surface area contributed by atoms with Gasteiger partial charge in [0.1, 0.15) is 0 Å². The minimum Gasteiger partial charge on any atom is -0.330 e. The molecule has 0 aromatic heterocycles. The van der Waals surface area contributed by atoms with Gasteiger partial charge in [-0.15, -0.1) is 0 Å². The highest BCUT2D eigenvalue weighted by molar-refractivity contribution is 4.78. The lowest BCUT2D eigenvalue weighted by Gasteiger charge is -2.37. The van der Waals surface area contributed by atoms with Crippen LogP contribution >= 0.6 is 0 Å². The average molecular weight is 212 g/mol. The Morgan fingerprint density at radius 2 is 1.93 bits per heavy atom. The molecule has 2 nitrogen and oxygen atoms in total. The van der Waals surface area contributed by atoms with Crippen molar-refractivity contribution in [2.24, 2.45) is 29.4 Å². The second-order valence-corrected chi connectivity index (χ2v) is 5.74. The first-order valence-corrected chi connectivity index (χ1v) is 6.47. The van der Waals surface area contributed by atoms with Gasteiger partial charge in [0.05, 0.1) is 0 Å². The van der Waals surface area contributed by atoms with Crippen LogP contribution in [0.1, 0.15) is 34.1 Å². The maximum absolute atomic E-state index is 5.83. The van der Waals surface area contributed by atoms with Crippen molar-refractivity contribution in [3.05, 3.63) is 0 Å². The zero-order chi connectivity index (χ0) is 11.4. The quantitative estimate of drug-likeness (QED) is 0.774. The van der Waals surface area contributed by atoms with Crippen molar-refractivity contribution in [1.82, 2.24) is 4.90 Å². The second-order valence-electron chi connectivity index (χ2n) is 5.74. The van der Waals surface area contributed by atoms with Crippen LogP contribution in [0.25, 0.3) is 0 Å². The van der Waals surface area contributed by atoms with Gasteiger partial charge >= 0.3 is 0 Å². The normalized spacial score (nSPS) is 30.8. The molecule has 15 heavy (non-hydrogen) atoms. The van der Waals surface area contributed by atoms with Gasteiger partial charge < -0.3 is 10.6 Å². The van der Waals surface area contributed by atoms with Crippen LogP contribution in [0.2, 0.25) is 0 Å². The van der Waals surface area contributed by atoms with E-state index in [0.717, 1.165) is 18.4 Å². The highest BCUT2D eigenvalue weighted by Crippen LogP contribution is 2.23. The van der Waals surface area contributed by atoms with Gasteiger partial charge in [0.15, 0.2) is 0 Å². The molecule has 2 N–H and O–H groups in total. The van der Waals surface area contributed by atoms with Crippen LogP contribution in [0.15, 0.2) is 0 Å². The third-order valence-electron chi connectivity index (χ3n) is 4.16. The minimum atomic E-state index is 0.672. The van der Waals surface area contributed by atoms with Crippen molar-refractivity contribution in [3.8, 4) is 0 Å². The highest BCUT2D eigenvalue weighted by Gasteiger charge is 2.24. The zero-order valence-electron chi connectivity index (χ0n) is 10.9. The fourth-order valence-corrected chi connectivity index (χ4v) is 2.40. The molecule has 3 atom stereocenters. The lowest BCUT2D eigenvalue weighted by molar-refractivity contribution is 0.112. The predicted molar refractivity (Wildman–Crippen MR) is 66.8 cm³/mol. The molecular weight excluding hydrogens is 184 g/mol. The molecule has 1 heterocycles. The SMILES string of the molecule is CC(C)C(CN)CN1CCC(C)C(C)C1. The van der Waals surface area contributed by atoms with Crippen molar-refractivity contribution >= 4 is 0 Å². The summed E-state index contributed by atoms with van der Waals surface area (Å²) in [6.07, 6.45) is 1.36. The van der Waals surface area contributed by atoms with E-state index in [2.05, 4.69) is 32.6 Å². The van der Waals surface area contributed by atoms with Gasteiger partial charge in [-0.05, 0) is 43.2 Å². The third-order valence-corrected chi connectivity index (χ3v) is 4.16. The van der Waals surface area contributed by atoms with Gasteiger partial charge in [-0.2, -0.15) is 0 Å². The number of rotatable bonds is 4. The molecule has 1 saturated heterocycles. The molecule has 3 unspecified atom stereocenters. The summed E-state index contributed by atoms with van der Waals surface area (Å²) in [7, 11) is 0. The van der Waals surface area contributed by atoms with E-state index in [4.69, 9.17) is 5.73 Å². The topological polar surface area (TPSA) is 29.3 Å². The van der Waals surface area contributed by atoms with Crippen molar-refractivity contribution in [3.63, 3.8) is 0 Å². The van der Waals surface area contributed by atoms with Gasteiger partial charge in [-0.3, -0.25) is 0 Å². The molecule has 0 aliphatic carbocycles. The summed E-state index contributed by atoms with van der Waals surface area (Å²) < 4.78 is 0.